The number of fused-ring (bicyclic) bond motifs is 1. The molecule has 0 unspecified atom stereocenters. The zero-order chi connectivity index (χ0) is 18.8. The van der Waals surface area contributed by atoms with Crippen molar-refractivity contribution in [3.05, 3.63) is 55.0 Å². The Balaban J connectivity index is 0.00000205. The molecule has 0 aliphatic carbocycles. The molecule has 9 heteroatoms. The van der Waals surface area contributed by atoms with E-state index >= 15 is 0 Å². The van der Waals surface area contributed by atoms with E-state index in [1.807, 2.05) is 30.5 Å². The summed E-state index contributed by atoms with van der Waals surface area (Å²) in [6, 6.07) is 12.0. The van der Waals surface area contributed by atoms with Crippen molar-refractivity contribution in [3.8, 4) is 11.3 Å². The number of rotatable bonds is 4. The minimum Gasteiger partial charge on any atom is -0.354 e. The van der Waals surface area contributed by atoms with Crippen molar-refractivity contribution in [3.63, 3.8) is 0 Å². The van der Waals surface area contributed by atoms with Gasteiger partial charge < -0.3 is 15.5 Å². The molecule has 0 amide bonds. The number of nitrogens with one attached hydrogen (secondary N) is 3. The number of piperazine rings is 1. The molecule has 1 fully saturated rings. The van der Waals surface area contributed by atoms with Crippen LogP contribution in [0.2, 0.25) is 0 Å². The number of benzene rings is 1. The van der Waals surface area contributed by atoms with Crippen molar-refractivity contribution in [2.45, 2.75) is 0 Å². The number of halogens is 1. The summed E-state index contributed by atoms with van der Waals surface area (Å²) < 4.78 is 0. The van der Waals surface area contributed by atoms with Crippen LogP contribution in [0, 0.1) is 0 Å². The number of anilines is 3. The summed E-state index contributed by atoms with van der Waals surface area (Å²) in [6.07, 6.45) is 5.43. The van der Waals surface area contributed by atoms with Crippen LogP contribution in [0.25, 0.3) is 22.2 Å². The minimum absolute atomic E-state index is 0. The van der Waals surface area contributed by atoms with Crippen molar-refractivity contribution >= 4 is 40.8 Å². The second-order valence-electron chi connectivity index (χ2n) is 6.70. The second-order valence-corrected chi connectivity index (χ2v) is 6.70. The summed E-state index contributed by atoms with van der Waals surface area (Å²) in [5.41, 5.74) is 3.71. The molecule has 0 atom stereocenters. The molecule has 0 radical (unpaired) electrons. The first-order chi connectivity index (χ1) is 13.8. The van der Waals surface area contributed by atoms with Crippen molar-refractivity contribution in [2.75, 3.05) is 36.4 Å². The molecule has 3 aromatic heterocycles. The molecule has 148 valence electrons. The van der Waals surface area contributed by atoms with Gasteiger partial charge in [-0.25, -0.2) is 15.0 Å². The average Bonchev–Trinajstić information content (AvgIpc) is 3.23. The van der Waals surface area contributed by atoms with Gasteiger partial charge in [-0.05, 0) is 36.4 Å². The predicted molar refractivity (Wildman–Crippen MR) is 117 cm³/mol. The van der Waals surface area contributed by atoms with Crippen LogP contribution in [0.15, 0.2) is 55.0 Å². The Bertz CT molecular complexity index is 1090. The number of hydrogen-bond donors (Lipinski definition) is 3. The lowest BCUT2D eigenvalue weighted by Gasteiger charge is -2.28. The lowest BCUT2D eigenvalue weighted by atomic mass is 10.2. The largest absolute Gasteiger partial charge is 0.354 e. The van der Waals surface area contributed by atoms with Crippen LogP contribution < -0.4 is 15.5 Å². The van der Waals surface area contributed by atoms with Crippen LogP contribution in [0.5, 0.6) is 0 Å². The zero-order valence-electron chi connectivity index (χ0n) is 15.7. The molecule has 0 saturated carbocycles. The Kier molecular flexibility index (Phi) is 5.55. The number of H-pyrrole nitrogens is 1. The van der Waals surface area contributed by atoms with Gasteiger partial charge in [-0.15, -0.1) is 12.4 Å². The lowest BCUT2D eigenvalue weighted by Crippen LogP contribution is -2.43. The molecule has 1 saturated heterocycles. The van der Waals surface area contributed by atoms with Crippen molar-refractivity contribution in [2.24, 2.45) is 0 Å². The van der Waals surface area contributed by atoms with E-state index in [4.69, 9.17) is 0 Å². The minimum atomic E-state index is 0. The fourth-order valence-electron chi connectivity index (χ4n) is 3.35. The van der Waals surface area contributed by atoms with E-state index in [1.165, 1.54) is 0 Å². The molecule has 0 spiro atoms. The van der Waals surface area contributed by atoms with Crippen LogP contribution in [-0.2, 0) is 0 Å². The van der Waals surface area contributed by atoms with E-state index in [9.17, 15) is 0 Å². The van der Waals surface area contributed by atoms with Gasteiger partial charge >= 0.3 is 0 Å². The van der Waals surface area contributed by atoms with Gasteiger partial charge in [-0.1, -0.05) is 0 Å². The molecule has 29 heavy (non-hydrogen) atoms. The molecule has 4 aromatic rings. The van der Waals surface area contributed by atoms with E-state index in [0.717, 1.165) is 59.8 Å². The molecule has 1 aliphatic heterocycles. The lowest BCUT2D eigenvalue weighted by molar-refractivity contribution is 0.585. The fourth-order valence-corrected chi connectivity index (χ4v) is 3.35. The molecule has 1 aromatic carbocycles. The first kappa shape index (κ1) is 19.1. The molecule has 0 bridgehead atoms. The summed E-state index contributed by atoms with van der Waals surface area (Å²) in [5.74, 6) is 1.55. The second kappa shape index (κ2) is 8.42. The Hall–Kier alpha value is -3.23. The average molecular weight is 409 g/mol. The van der Waals surface area contributed by atoms with E-state index in [0.29, 0.717) is 5.95 Å². The molecular formula is C20H21ClN8. The van der Waals surface area contributed by atoms with Crippen LogP contribution in [-0.4, -0.2) is 51.3 Å². The van der Waals surface area contributed by atoms with Gasteiger partial charge in [-0.3, -0.25) is 5.10 Å². The third-order valence-corrected chi connectivity index (χ3v) is 4.84. The first-order valence-corrected chi connectivity index (χ1v) is 9.30. The SMILES string of the molecule is Cl.c1cc(-c2ccc(N3CCNCC3)nc2)nc(Nc2ccc3[nH]ncc3c2)n1. The van der Waals surface area contributed by atoms with Crippen molar-refractivity contribution < 1.29 is 0 Å². The third kappa shape index (κ3) is 4.13. The highest BCUT2D eigenvalue weighted by Gasteiger charge is 2.12. The summed E-state index contributed by atoms with van der Waals surface area (Å²) in [7, 11) is 0. The van der Waals surface area contributed by atoms with Crippen molar-refractivity contribution in [1.82, 2.24) is 30.5 Å². The van der Waals surface area contributed by atoms with Crippen LogP contribution in [0.3, 0.4) is 0 Å². The number of pyridine rings is 1. The maximum atomic E-state index is 4.64. The van der Waals surface area contributed by atoms with Crippen LogP contribution in [0.4, 0.5) is 17.5 Å². The molecular weight excluding hydrogens is 388 g/mol. The van der Waals surface area contributed by atoms with Gasteiger partial charge in [0.25, 0.3) is 0 Å². The summed E-state index contributed by atoms with van der Waals surface area (Å²) in [4.78, 5) is 15.9. The van der Waals surface area contributed by atoms with E-state index in [-0.39, 0.29) is 12.4 Å². The van der Waals surface area contributed by atoms with Gasteiger partial charge in [0.2, 0.25) is 5.95 Å². The topological polar surface area (TPSA) is 94.7 Å². The maximum Gasteiger partial charge on any atom is 0.227 e. The summed E-state index contributed by atoms with van der Waals surface area (Å²) >= 11 is 0. The normalized spacial score (nSPS) is 13.9. The number of aromatic nitrogens is 5. The Labute approximate surface area is 174 Å². The highest BCUT2D eigenvalue weighted by Crippen LogP contribution is 2.23. The number of aromatic amines is 1. The molecule has 5 rings (SSSR count). The quantitative estimate of drug-likeness (QED) is 0.477. The number of nitrogens with zero attached hydrogens (tertiary/aromatic N) is 5. The smallest absolute Gasteiger partial charge is 0.227 e. The van der Waals surface area contributed by atoms with Gasteiger partial charge in [0.05, 0.1) is 17.4 Å². The molecule has 1 aliphatic rings. The standard InChI is InChI=1S/C20H20N8.ClH/c1-4-19(28-9-7-21-8-10-28)23-12-14(1)17-5-6-22-20(26-17)25-16-2-3-18-15(11-16)13-24-27-18;/h1-6,11-13,21H,7-10H2,(H,24,27)(H,22,25,26);1H. The Morgan fingerprint density at radius 1 is 0.966 bits per heavy atom. The monoisotopic (exact) mass is 408 g/mol. The first-order valence-electron chi connectivity index (χ1n) is 9.30. The van der Waals surface area contributed by atoms with Gasteiger partial charge in [-0.2, -0.15) is 5.10 Å². The van der Waals surface area contributed by atoms with E-state index in [2.05, 4.69) is 52.8 Å². The highest BCUT2D eigenvalue weighted by molar-refractivity contribution is 5.85. The highest BCUT2D eigenvalue weighted by atomic mass is 35.5. The van der Waals surface area contributed by atoms with Gasteiger partial charge in [0, 0.05) is 55.2 Å². The fraction of sp³-hybridized carbons (Fsp3) is 0.200. The van der Waals surface area contributed by atoms with E-state index in [1.54, 1.807) is 12.4 Å². The van der Waals surface area contributed by atoms with Gasteiger partial charge in [0.1, 0.15) is 5.82 Å². The Morgan fingerprint density at radius 2 is 1.86 bits per heavy atom. The molecule has 8 nitrogen and oxygen atoms in total. The molecule has 3 N–H and O–H groups in total. The number of hydrogen-bond acceptors (Lipinski definition) is 7. The van der Waals surface area contributed by atoms with Crippen LogP contribution in [0.1, 0.15) is 0 Å². The van der Waals surface area contributed by atoms with Crippen LogP contribution >= 0.6 is 12.4 Å². The van der Waals surface area contributed by atoms with E-state index < -0.39 is 0 Å². The summed E-state index contributed by atoms with van der Waals surface area (Å²) in [5, 5.41) is 14.6. The maximum absolute atomic E-state index is 4.64. The van der Waals surface area contributed by atoms with Crippen molar-refractivity contribution in [1.29, 1.82) is 0 Å². The Morgan fingerprint density at radius 3 is 2.69 bits per heavy atom. The predicted octanol–water partition coefficient (Wildman–Crippen LogP) is 2.99. The third-order valence-electron chi connectivity index (χ3n) is 4.84. The summed E-state index contributed by atoms with van der Waals surface area (Å²) in [6.45, 7) is 3.95. The van der Waals surface area contributed by atoms with Gasteiger partial charge in [0.15, 0.2) is 0 Å². The zero-order valence-corrected chi connectivity index (χ0v) is 16.5. The molecule has 4 heterocycles.